The first-order valence-corrected chi connectivity index (χ1v) is 4.06. The molecule has 0 bridgehead atoms. The topological polar surface area (TPSA) is 40.5 Å². The Balaban J connectivity index is 2.85. The maximum atomic E-state index is 8.91. The lowest BCUT2D eigenvalue weighted by Gasteiger charge is -2.11. The monoisotopic (exact) mass is 166 g/mol. The highest BCUT2D eigenvalue weighted by molar-refractivity contribution is 5.25. The maximum Gasteiger partial charge on any atom is 0.0521 e. The van der Waals surface area contributed by atoms with Crippen molar-refractivity contribution in [2.75, 3.05) is 13.2 Å². The number of hydrogen-bond acceptors (Lipinski definition) is 2. The minimum Gasteiger partial charge on any atom is -0.396 e. The molecule has 0 aliphatic heterocycles. The zero-order valence-corrected chi connectivity index (χ0v) is 7.20. The van der Waals surface area contributed by atoms with E-state index >= 15 is 0 Å². The van der Waals surface area contributed by atoms with Crippen LogP contribution >= 0.6 is 0 Å². The van der Waals surface area contributed by atoms with Gasteiger partial charge in [0.05, 0.1) is 13.2 Å². The van der Waals surface area contributed by atoms with Gasteiger partial charge in [-0.05, 0) is 12.5 Å². The highest BCUT2D eigenvalue weighted by atomic mass is 16.3. The SMILES string of the molecule is Cc1cccc(C(CO)CO)c1. The van der Waals surface area contributed by atoms with Gasteiger partial charge in [0.2, 0.25) is 0 Å². The van der Waals surface area contributed by atoms with Crippen LogP contribution < -0.4 is 0 Å². The molecule has 1 rings (SSSR count). The van der Waals surface area contributed by atoms with E-state index in [9.17, 15) is 0 Å². The second kappa shape index (κ2) is 4.24. The van der Waals surface area contributed by atoms with Gasteiger partial charge in [-0.2, -0.15) is 0 Å². The van der Waals surface area contributed by atoms with E-state index in [0.717, 1.165) is 11.1 Å². The summed E-state index contributed by atoms with van der Waals surface area (Å²) in [5, 5.41) is 17.8. The minimum absolute atomic E-state index is 0.0000463. The Morgan fingerprint density at radius 3 is 2.42 bits per heavy atom. The Morgan fingerprint density at radius 1 is 1.25 bits per heavy atom. The smallest absolute Gasteiger partial charge is 0.0521 e. The average Bonchev–Trinajstić information content (AvgIpc) is 2.07. The Bertz CT molecular complexity index is 241. The molecule has 0 spiro atoms. The molecule has 0 atom stereocenters. The molecule has 66 valence electrons. The van der Waals surface area contributed by atoms with Crippen LogP contribution in [0.1, 0.15) is 17.0 Å². The molecule has 1 aromatic carbocycles. The van der Waals surface area contributed by atoms with Crippen LogP contribution in [0, 0.1) is 6.92 Å². The number of aliphatic hydroxyl groups excluding tert-OH is 2. The van der Waals surface area contributed by atoms with Gasteiger partial charge in [0.1, 0.15) is 0 Å². The molecule has 0 radical (unpaired) electrons. The number of aliphatic hydroxyl groups is 2. The third-order valence-electron chi connectivity index (χ3n) is 1.95. The molecule has 2 N–H and O–H groups in total. The molecule has 2 nitrogen and oxygen atoms in total. The third-order valence-corrected chi connectivity index (χ3v) is 1.95. The van der Waals surface area contributed by atoms with Gasteiger partial charge in [-0.15, -0.1) is 0 Å². The van der Waals surface area contributed by atoms with Crippen molar-refractivity contribution in [3.63, 3.8) is 0 Å². The summed E-state index contributed by atoms with van der Waals surface area (Å²) in [6, 6.07) is 7.83. The van der Waals surface area contributed by atoms with Crippen molar-refractivity contribution in [3.05, 3.63) is 35.4 Å². The zero-order chi connectivity index (χ0) is 8.97. The van der Waals surface area contributed by atoms with E-state index in [2.05, 4.69) is 0 Å². The van der Waals surface area contributed by atoms with Crippen molar-refractivity contribution in [2.24, 2.45) is 0 Å². The fourth-order valence-corrected chi connectivity index (χ4v) is 1.19. The number of hydrogen-bond donors (Lipinski definition) is 2. The Labute approximate surface area is 72.5 Å². The van der Waals surface area contributed by atoms with E-state index in [4.69, 9.17) is 10.2 Å². The summed E-state index contributed by atoms with van der Waals surface area (Å²) in [6.45, 7) is 2.00. The molecule has 0 saturated carbocycles. The number of rotatable bonds is 3. The molecule has 1 aromatic rings. The maximum absolute atomic E-state index is 8.91. The van der Waals surface area contributed by atoms with Crippen molar-refractivity contribution >= 4 is 0 Å². The minimum atomic E-state index is -0.134. The lowest BCUT2D eigenvalue weighted by atomic mass is 9.99. The molecule has 12 heavy (non-hydrogen) atoms. The second-order valence-corrected chi connectivity index (χ2v) is 2.98. The van der Waals surface area contributed by atoms with E-state index in [0.29, 0.717) is 0 Å². The fraction of sp³-hybridized carbons (Fsp3) is 0.400. The second-order valence-electron chi connectivity index (χ2n) is 2.98. The van der Waals surface area contributed by atoms with Gasteiger partial charge >= 0.3 is 0 Å². The van der Waals surface area contributed by atoms with Gasteiger partial charge in [0, 0.05) is 5.92 Å². The van der Waals surface area contributed by atoms with E-state index < -0.39 is 0 Å². The lowest BCUT2D eigenvalue weighted by molar-refractivity contribution is 0.192. The van der Waals surface area contributed by atoms with Crippen LogP contribution in [0.25, 0.3) is 0 Å². The molecule has 0 unspecified atom stereocenters. The Kier molecular flexibility index (Phi) is 3.26. The summed E-state index contributed by atoms with van der Waals surface area (Å²) in [6.07, 6.45) is 0. The van der Waals surface area contributed by atoms with Gasteiger partial charge in [-0.3, -0.25) is 0 Å². The summed E-state index contributed by atoms with van der Waals surface area (Å²) in [4.78, 5) is 0. The Hall–Kier alpha value is -0.860. The Morgan fingerprint density at radius 2 is 1.92 bits per heavy atom. The fourth-order valence-electron chi connectivity index (χ4n) is 1.19. The molecule has 2 heteroatoms. The molecule has 0 fully saturated rings. The van der Waals surface area contributed by atoms with Crippen molar-refractivity contribution in [3.8, 4) is 0 Å². The van der Waals surface area contributed by atoms with Gasteiger partial charge in [0.15, 0.2) is 0 Å². The van der Waals surface area contributed by atoms with Crippen molar-refractivity contribution < 1.29 is 10.2 Å². The molecule has 0 aromatic heterocycles. The highest BCUT2D eigenvalue weighted by Crippen LogP contribution is 2.15. The first-order chi connectivity index (χ1) is 5.77. The normalized spacial score (nSPS) is 10.7. The molecular formula is C10H14O2. The first-order valence-electron chi connectivity index (χ1n) is 4.06. The third kappa shape index (κ3) is 2.06. The quantitative estimate of drug-likeness (QED) is 0.705. The first kappa shape index (κ1) is 9.23. The van der Waals surface area contributed by atoms with Gasteiger partial charge in [0.25, 0.3) is 0 Å². The van der Waals surface area contributed by atoms with Crippen molar-refractivity contribution in [1.82, 2.24) is 0 Å². The van der Waals surface area contributed by atoms with E-state index in [1.807, 2.05) is 31.2 Å². The van der Waals surface area contributed by atoms with Gasteiger partial charge in [-0.25, -0.2) is 0 Å². The van der Waals surface area contributed by atoms with E-state index in [-0.39, 0.29) is 19.1 Å². The van der Waals surface area contributed by atoms with E-state index in [1.54, 1.807) is 0 Å². The summed E-state index contributed by atoms with van der Waals surface area (Å²) in [7, 11) is 0. The predicted molar refractivity (Wildman–Crippen MR) is 48.1 cm³/mol. The summed E-state index contributed by atoms with van der Waals surface area (Å²) >= 11 is 0. The molecule has 0 heterocycles. The molecule has 0 amide bonds. The summed E-state index contributed by atoms with van der Waals surface area (Å²) < 4.78 is 0. The summed E-state index contributed by atoms with van der Waals surface area (Å²) in [5.74, 6) is -0.134. The van der Waals surface area contributed by atoms with Crippen LogP contribution in [-0.4, -0.2) is 23.4 Å². The number of benzene rings is 1. The van der Waals surface area contributed by atoms with Crippen LogP contribution in [0.15, 0.2) is 24.3 Å². The average molecular weight is 166 g/mol. The van der Waals surface area contributed by atoms with E-state index in [1.165, 1.54) is 0 Å². The zero-order valence-electron chi connectivity index (χ0n) is 7.20. The van der Waals surface area contributed by atoms with Gasteiger partial charge in [-0.1, -0.05) is 29.8 Å². The van der Waals surface area contributed by atoms with Gasteiger partial charge < -0.3 is 10.2 Å². The standard InChI is InChI=1S/C10H14O2/c1-8-3-2-4-9(5-8)10(6-11)7-12/h2-5,10-12H,6-7H2,1H3. The number of aryl methyl sites for hydroxylation is 1. The lowest BCUT2D eigenvalue weighted by Crippen LogP contribution is -2.08. The van der Waals surface area contributed by atoms with Crippen molar-refractivity contribution in [2.45, 2.75) is 12.8 Å². The van der Waals surface area contributed by atoms with Crippen LogP contribution in [0.5, 0.6) is 0 Å². The van der Waals surface area contributed by atoms with Crippen LogP contribution in [0.4, 0.5) is 0 Å². The largest absolute Gasteiger partial charge is 0.396 e. The van der Waals surface area contributed by atoms with Crippen LogP contribution in [0.2, 0.25) is 0 Å². The predicted octanol–water partition coefficient (Wildman–Crippen LogP) is 1.06. The summed E-state index contributed by atoms with van der Waals surface area (Å²) in [5.41, 5.74) is 2.15. The molecule has 0 saturated heterocycles. The molecule has 0 aliphatic carbocycles. The highest BCUT2D eigenvalue weighted by Gasteiger charge is 2.07. The van der Waals surface area contributed by atoms with Crippen LogP contribution in [-0.2, 0) is 0 Å². The molecular weight excluding hydrogens is 152 g/mol. The van der Waals surface area contributed by atoms with Crippen LogP contribution in [0.3, 0.4) is 0 Å². The van der Waals surface area contributed by atoms with Crippen molar-refractivity contribution in [1.29, 1.82) is 0 Å². The molecule has 0 aliphatic rings.